The zero-order valence-electron chi connectivity index (χ0n) is 10.0. The van der Waals surface area contributed by atoms with Gasteiger partial charge >= 0.3 is 5.97 Å². The highest BCUT2D eigenvalue weighted by Gasteiger charge is 2.44. The number of benzene rings is 1. The molecule has 0 amide bonds. The van der Waals surface area contributed by atoms with Crippen LogP contribution in [0.15, 0.2) is 23.1 Å². The number of halogens is 2. The summed E-state index contributed by atoms with van der Waals surface area (Å²) in [7, 11) is -4.14. The Labute approximate surface area is 125 Å². The fourth-order valence-electron chi connectivity index (χ4n) is 2.08. The molecule has 2 atom stereocenters. The molecular weight excluding hydrogens is 329 g/mol. The monoisotopic (exact) mass is 339 g/mol. The lowest BCUT2D eigenvalue weighted by Gasteiger charge is -2.21. The van der Waals surface area contributed by atoms with E-state index >= 15 is 0 Å². The number of β-amino-alcohol motifs (C(OH)–C–C–N with tert-alkyl or cyclic N) is 1. The van der Waals surface area contributed by atoms with E-state index < -0.39 is 28.1 Å². The SMILES string of the molecule is O=C(O)[C@@H]1C[C@H](O)CN1S(=O)(=O)c1cccc(Cl)c1Cl. The maximum atomic E-state index is 12.5. The van der Waals surface area contributed by atoms with Gasteiger partial charge in [-0.15, -0.1) is 0 Å². The summed E-state index contributed by atoms with van der Waals surface area (Å²) in [5, 5.41) is 18.5. The Morgan fingerprint density at radius 3 is 2.60 bits per heavy atom. The molecule has 1 aromatic carbocycles. The quantitative estimate of drug-likeness (QED) is 0.862. The van der Waals surface area contributed by atoms with E-state index in [4.69, 9.17) is 28.3 Å². The molecule has 6 nitrogen and oxygen atoms in total. The van der Waals surface area contributed by atoms with Gasteiger partial charge in [-0.1, -0.05) is 29.3 Å². The standard InChI is InChI=1S/C11H11Cl2NO5S/c12-7-2-1-3-9(10(7)13)20(18,19)14-5-6(15)4-8(14)11(16)17/h1-3,6,8,15H,4-5H2,(H,16,17)/t6-,8-/m0/s1. The molecule has 0 aromatic heterocycles. The van der Waals surface area contributed by atoms with Gasteiger partial charge in [0.1, 0.15) is 10.9 Å². The second kappa shape index (κ2) is 5.50. The molecule has 0 radical (unpaired) electrons. The van der Waals surface area contributed by atoms with Crippen molar-refractivity contribution in [2.75, 3.05) is 6.54 Å². The van der Waals surface area contributed by atoms with E-state index in [2.05, 4.69) is 0 Å². The Kier molecular flexibility index (Phi) is 4.27. The number of hydrogen-bond acceptors (Lipinski definition) is 4. The first kappa shape index (κ1) is 15.5. The van der Waals surface area contributed by atoms with E-state index in [0.717, 1.165) is 4.31 Å². The smallest absolute Gasteiger partial charge is 0.322 e. The van der Waals surface area contributed by atoms with Crippen molar-refractivity contribution in [2.24, 2.45) is 0 Å². The third-order valence-electron chi connectivity index (χ3n) is 3.02. The summed E-state index contributed by atoms with van der Waals surface area (Å²) in [6.45, 7) is -0.290. The number of hydrogen-bond donors (Lipinski definition) is 2. The minimum atomic E-state index is -4.14. The average molecular weight is 340 g/mol. The number of nitrogens with zero attached hydrogens (tertiary/aromatic N) is 1. The summed E-state index contributed by atoms with van der Waals surface area (Å²) in [6, 6.07) is 2.76. The van der Waals surface area contributed by atoms with Crippen molar-refractivity contribution in [1.29, 1.82) is 0 Å². The van der Waals surface area contributed by atoms with Crippen molar-refractivity contribution in [1.82, 2.24) is 4.31 Å². The lowest BCUT2D eigenvalue weighted by Crippen LogP contribution is -2.40. The van der Waals surface area contributed by atoms with Gasteiger partial charge in [0.15, 0.2) is 0 Å². The van der Waals surface area contributed by atoms with Crippen LogP contribution in [0.5, 0.6) is 0 Å². The molecule has 1 aromatic rings. The van der Waals surface area contributed by atoms with Crippen LogP contribution in [0.25, 0.3) is 0 Å². The van der Waals surface area contributed by atoms with Crippen molar-refractivity contribution >= 4 is 39.2 Å². The van der Waals surface area contributed by atoms with E-state index in [1.54, 1.807) is 0 Å². The fraction of sp³-hybridized carbons (Fsp3) is 0.364. The highest BCUT2D eigenvalue weighted by Crippen LogP contribution is 2.34. The number of carboxylic acids is 1. The van der Waals surface area contributed by atoms with Crippen LogP contribution >= 0.6 is 23.2 Å². The van der Waals surface area contributed by atoms with E-state index in [0.29, 0.717) is 0 Å². The minimum Gasteiger partial charge on any atom is -0.480 e. The molecule has 2 N–H and O–H groups in total. The zero-order chi connectivity index (χ0) is 15.1. The van der Waals surface area contributed by atoms with Crippen LogP contribution in [0.3, 0.4) is 0 Å². The van der Waals surface area contributed by atoms with Crippen molar-refractivity contribution < 1.29 is 23.4 Å². The van der Waals surface area contributed by atoms with Gasteiger partial charge in [-0.25, -0.2) is 8.42 Å². The highest BCUT2D eigenvalue weighted by molar-refractivity contribution is 7.89. The van der Waals surface area contributed by atoms with Crippen LogP contribution in [-0.4, -0.2) is 47.6 Å². The number of sulfonamides is 1. The number of aliphatic hydroxyl groups excluding tert-OH is 1. The molecule has 0 aliphatic carbocycles. The average Bonchev–Trinajstić information content (AvgIpc) is 2.75. The highest BCUT2D eigenvalue weighted by atomic mass is 35.5. The van der Waals surface area contributed by atoms with Crippen LogP contribution in [0, 0.1) is 0 Å². The molecule has 20 heavy (non-hydrogen) atoms. The molecule has 0 unspecified atom stereocenters. The third kappa shape index (κ3) is 2.64. The Hall–Kier alpha value is -0.860. The summed E-state index contributed by atoms with van der Waals surface area (Å²) < 4.78 is 25.7. The van der Waals surface area contributed by atoms with Crippen LogP contribution in [0.1, 0.15) is 6.42 Å². The lowest BCUT2D eigenvalue weighted by molar-refractivity contribution is -0.140. The van der Waals surface area contributed by atoms with Gasteiger partial charge < -0.3 is 10.2 Å². The molecule has 1 heterocycles. The second-order valence-electron chi connectivity index (χ2n) is 4.37. The molecule has 1 saturated heterocycles. The predicted molar refractivity (Wildman–Crippen MR) is 72.4 cm³/mol. The molecule has 0 bridgehead atoms. The largest absolute Gasteiger partial charge is 0.480 e. The van der Waals surface area contributed by atoms with Gasteiger partial charge in [0.25, 0.3) is 0 Å². The number of carboxylic acid groups (broad SMARTS) is 1. The van der Waals surface area contributed by atoms with Gasteiger partial charge in [-0.2, -0.15) is 4.31 Å². The minimum absolute atomic E-state index is 0.0550. The Morgan fingerprint density at radius 2 is 2.00 bits per heavy atom. The Bertz CT molecular complexity index is 648. The molecular formula is C11H11Cl2NO5S. The van der Waals surface area contributed by atoms with E-state index in [1.807, 2.05) is 0 Å². The summed E-state index contributed by atoms with van der Waals surface area (Å²) in [5.74, 6) is -1.32. The maximum Gasteiger partial charge on any atom is 0.322 e. The van der Waals surface area contributed by atoms with E-state index in [1.165, 1.54) is 18.2 Å². The van der Waals surface area contributed by atoms with E-state index in [9.17, 15) is 18.3 Å². The Morgan fingerprint density at radius 1 is 1.35 bits per heavy atom. The molecule has 1 aliphatic heterocycles. The van der Waals surface area contributed by atoms with Crippen LogP contribution in [0.4, 0.5) is 0 Å². The first-order valence-corrected chi connectivity index (χ1v) is 7.81. The third-order valence-corrected chi connectivity index (χ3v) is 5.87. The molecule has 0 saturated carbocycles. The van der Waals surface area contributed by atoms with Gasteiger partial charge in [0.05, 0.1) is 16.1 Å². The molecule has 2 rings (SSSR count). The number of rotatable bonds is 3. The van der Waals surface area contributed by atoms with Crippen molar-refractivity contribution in [2.45, 2.75) is 23.5 Å². The first-order valence-electron chi connectivity index (χ1n) is 5.62. The first-order chi connectivity index (χ1) is 9.25. The lowest BCUT2D eigenvalue weighted by atomic mass is 10.2. The van der Waals surface area contributed by atoms with Crippen molar-refractivity contribution in [3.05, 3.63) is 28.2 Å². The van der Waals surface area contributed by atoms with Crippen LogP contribution < -0.4 is 0 Å². The number of carbonyl (C=O) groups is 1. The number of aliphatic hydroxyl groups is 1. The molecule has 9 heteroatoms. The van der Waals surface area contributed by atoms with E-state index in [-0.39, 0.29) is 27.9 Å². The topological polar surface area (TPSA) is 94.9 Å². The van der Waals surface area contributed by atoms with Gasteiger partial charge in [0.2, 0.25) is 10.0 Å². The second-order valence-corrected chi connectivity index (χ2v) is 7.01. The molecule has 1 fully saturated rings. The van der Waals surface area contributed by atoms with Crippen molar-refractivity contribution in [3.8, 4) is 0 Å². The summed E-state index contributed by atoms with van der Waals surface area (Å²) >= 11 is 11.6. The summed E-state index contributed by atoms with van der Waals surface area (Å²) in [4.78, 5) is 10.8. The summed E-state index contributed by atoms with van der Waals surface area (Å²) in [5.41, 5.74) is 0. The molecule has 0 spiro atoms. The zero-order valence-corrected chi connectivity index (χ0v) is 12.4. The Balaban J connectivity index is 2.49. The van der Waals surface area contributed by atoms with Crippen LogP contribution in [-0.2, 0) is 14.8 Å². The van der Waals surface area contributed by atoms with Crippen LogP contribution in [0.2, 0.25) is 10.0 Å². The van der Waals surface area contributed by atoms with Crippen molar-refractivity contribution in [3.63, 3.8) is 0 Å². The maximum absolute atomic E-state index is 12.5. The normalized spacial score (nSPS) is 23.9. The molecule has 1 aliphatic rings. The van der Waals surface area contributed by atoms with Gasteiger partial charge in [0, 0.05) is 13.0 Å². The number of aliphatic carboxylic acids is 1. The molecule has 110 valence electrons. The van der Waals surface area contributed by atoms with Gasteiger partial charge in [-0.3, -0.25) is 4.79 Å². The van der Waals surface area contributed by atoms with Gasteiger partial charge in [-0.05, 0) is 12.1 Å². The fourth-order valence-corrected chi connectivity index (χ4v) is 4.45. The summed E-state index contributed by atoms with van der Waals surface area (Å²) in [6.07, 6.45) is -1.18. The predicted octanol–water partition coefficient (Wildman–Crippen LogP) is 1.20.